The molecule has 2 unspecified atom stereocenters. The Morgan fingerprint density at radius 1 is 1.35 bits per heavy atom. The van der Waals surface area contributed by atoms with Crippen molar-refractivity contribution in [2.45, 2.75) is 12.2 Å². The number of amides is 1. The van der Waals surface area contributed by atoms with Gasteiger partial charge in [0.1, 0.15) is 12.2 Å². The first-order valence-corrected chi connectivity index (χ1v) is 6.59. The van der Waals surface area contributed by atoms with Crippen molar-refractivity contribution in [2.75, 3.05) is 32.7 Å². The Balaban J connectivity index is 2.22. The average Bonchev–Trinajstić information content (AvgIpc) is 2.89. The Morgan fingerprint density at radius 2 is 1.95 bits per heavy atom. The van der Waals surface area contributed by atoms with Crippen molar-refractivity contribution in [3.63, 3.8) is 0 Å². The van der Waals surface area contributed by atoms with Crippen molar-refractivity contribution < 1.29 is 14.3 Å². The highest BCUT2D eigenvalue weighted by molar-refractivity contribution is 6.31. The molecule has 1 aromatic rings. The van der Waals surface area contributed by atoms with Gasteiger partial charge < -0.3 is 19.8 Å². The molecule has 2 atom stereocenters. The topological polar surface area (TPSA) is 76.8 Å². The summed E-state index contributed by atoms with van der Waals surface area (Å²) >= 11 is 5.95. The second kappa shape index (κ2) is 6.41. The fourth-order valence-electron chi connectivity index (χ4n) is 2.35. The summed E-state index contributed by atoms with van der Waals surface area (Å²) in [5, 5.41) is 0.484. The SMILES string of the molecule is COC1CN(C(=O)c2cc(Cl)ccc2NN)CC1OC. The van der Waals surface area contributed by atoms with Gasteiger partial charge >= 0.3 is 0 Å². The zero-order valence-electron chi connectivity index (χ0n) is 11.4. The first-order chi connectivity index (χ1) is 9.60. The number of nitrogens with zero attached hydrogens (tertiary/aromatic N) is 1. The van der Waals surface area contributed by atoms with E-state index in [1.807, 2.05) is 0 Å². The minimum atomic E-state index is -0.151. The number of hydrogen-bond donors (Lipinski definition) is 2. The van der Waals surface area contributed by atoms with Crippen LogP contribution in [0.2, 0.25) is 5.02 Å². The van der Waals surface area contributed by atoms with E-state index in [4.69, 9.17) is 26.9 Å². The van der Waals surface area contributed by atoms with E-state index in [2.05, 4.69) is 5.43 Å². The van der Waals surface area contributed by atoms with Crippen LogP contribution in [0.3, 0.4) is 0 Å². The van der Waals surface area contributed by atoms with Gasteiger partial charge in [0.2, 0.25) is 0 Å². The van der Waals surface area contributed by atoms with Crippen LogP contribution in [0.15, 0.2) is 18.2 Å². The molecule has 1 heterocycles. The Bertz CT molecular complexity index is 486. The first-order valence-electron chi connectivity index (χ1n) is 6.21. The van der Waals surface area contributed by atoms with E-state index in [0.29, 0.717) is 29.4 Å². The highest BCUT2D eigenvalue weighted by atomic mass is 35.5. The van der Waals surface area contributed by atoms with Crippen LogP contribution in [0, 0.1) is 0 Å². The molecule has 1 aliphatic rings. The van der Waals surface area contributed by atoms with Crippen molar-refractivity contribution in [1.29, 1.82) is 0 Å². The van der Waals surface area contributed by atoms with Gasteiger partial charge in [-0.15, -0.1) is 0 Å². The molecule has 2 rings (SSSR count). The van der Waals surface area contributed by atoms with E-state index in [9.17, 15) is 4.79 Å². The van der Waals surface area contributed by atoms with E-state index >= 15 is 0 Å². The van der Waals surface area contributed by atoms with Crippen LogP contribution in [0.25, 0.3) is 0 Å². The number of rotatable bonds is 4. The molecular weight excluding hydrogens is 282 g/mol. The highest BCUT2D eigenvalue weighted by Gasteiger charge is 2.36. The molecule has 1 saturated heterocycles. The molecule has 7 heteroatoms. The fourth-order valence-corrected chi connectivity index (χ4v) is 2.52. The molecule has 0 aromatic heterocycles. The third-order valence-corrected chi connectivity index (χ3v) is 3.71. The number of carbonyl (C=O) groups is 1. The third kappa shape index (κ3) is 2.88. The molecule has 6 nitrogen and oxygen atoms in total. The molecule has 1 aromatic carbocycles. The Morgan fingerprint density at radius 3 is 2.45 bits per heavy atom. The molecule has 3 N–H and O–H groups in total. The van der Waals surface area contributed by atoms with E-state index in [0.717, 1.165) is 0 Å². The molecule has 0 bridgehead atoms. The smallest absolute Gasteiger partial charge is 0.256 e. The van der Waals surface area contributed by atoms with Gasteiger partial charge in [-0.25, -0.2) is 0 Å². The summed E-state index contributed by atoms with van der Waals surface area (Å²) in [5.74, 6) is 5.28. The van der Waals surface area contributed by atoms with Gasteiger partial charge in [-0.2, -0.15) is 0 Å². The number of halogens is 1. The predicted molar refractivity (Wildman–Crippen MR) is 76.8 cm³/mol. The lowest BCUT2D eigenvalue weighted by Crippen LogP contribution is -2.31. The maximum Gasteiger partial charge on any atom is 0.256 e. The summed E-state index contributed by atoms with van der Waals surface area (Å²) in [7, 11) is 3.22. The number of nitrogens with two attached hydrogens (primary N) is 1. The van der Waals surface area contributed by atoms with Gasteiger partial charge in [0.05, 0.1) is 11.3 Å². The summed E-state index contributed by atoms with van der Waals surface area (Å²) in [5.41, 5.74) is 3.48. The van der Waals surface area contributed by atoms with Gasteiger partial charge in [-0.05, 0) is 18.2 Å². The van der Waals surface area contributed by atoms with Crippen LogP contribution in [0.5, 0.6) is 0 Å². The van der Waals surface area contributed by atoms with E-state index in [-0.39, 0.29) is 18.1 Å². The molecule has 1 aliphatic heterocycles. The van der Waals surface area contributed by atoms with Crippen LogP contribution in [0.4, 0.5) is 5.69 Å². The summed E-state index contributed by atoms with van der Waals surface area (Å²) in [4.78, 5) is 14.2. The normalized spacial score (nSPS) is 22.1. The van der Waals surface area contributed by atoms with Crippen molar-refractivity contribution in [2.24, 2.45) is 5.84 Å². The summed E-state index contributed by atoms with van der Waals surface area (Å²) in [6, 6.07) is 4.95. The fraction of sp³-hybridized carbons (Fsp3) is 0.462. The summed E-state index contributed by atoms with van der Waals surface area (Å²) < 4.78 is 10.7. The second-order valence-electron chi connectivity index (χ2n) is 4.59. The van der Waals surface area contributed by atoms with Gasteiger partial charge in [-0.3, -0.25) is 10.6 Å². The number of nitrogen functional groups attached to an aromatic ring is 1. The number of ether oxygens (including phenoxy) is 2. The van der Waals surface area contributed by atoms with Crippen LogP contribution >= 0.6 is 11.6 Å². The predicted octanol–water partition coefficient (Wildman–Crippen LogP) is 1.11. The van der Waals surface area contributed by atoms with Crippen LogP contribution in [-0.2, 0) is 9.47 Å². The largest absolute Gasteiger partial charge is 0.377 e. The number of methoxy groups -OCH3 is 2. The molecule has 0 spiro atoms. The first kappa shape index (κ1) is 15.1. The van der Waals surface area contributed by atoms with Crippen molar-refractivity contribution in [3.05, 3.63) is 28.8 Å². The lowest BCUT2D eigenvalue weighted by molar-refractivity contribution is -0.00461. The second-order valence-corrected chi connectivity index (χ2v) is 5.03. The maximum atomic E-state index is 12.6. The van der Waals surface area contributed by atoms with Crippen LogP contribution in [0.1, 0.15) is 10.4 Å². The molecule has 1 fully saturated rings. The zero-order valence-corrected chi connectivity index (χ0v) is 12.2. The number of hydrogen-bond acceptors (Lipinski definition) is 5. The van der Waals surface area contributed by atoms with Gasteiger partial charge in [0.15, 0.2) is 0 Å². The number of nitrogens with one attached hydrogen (secondary N) is 1. The van der Waals surface area contributed by atoms with Gasteiger partial charge in [-0.1, -0.05) is 11.6 Å². The number of carbonyl (C=O) groups excluding carboxylic acids is 1. The van der Waals surface area contributed by atoms with Crippen molar-refractivity contribution in [3.8, 4) is 0 Å². The molecule has 20 heavy (non-hydrogen) atoms. The average molecular weight is 300 g/mol. The number of benzene rings is 1. The van der Waals surface area contributed by atoms with E-state index in [1.54, 1.807) is 37.3 Å². The zero-order chi connectivity index (χ0) is 14.7. The molecule has 0 saturated carbocycles. The van der Waals surface area contributed by atoms with Gasteiger partial charge in [0, 0.05) is 32.3 Å². The summed E-state index contributed by atoms with van der Waals surface area (Å²) in [6.07, 6.45) is -0.255. The van der Waals surface area contributed by atoms with Crippen molar-refractivity contribution >= 4 is 23.2 Å². The molecule has 0 radical (unpaired) electrons. The maximum absolute atomic E-state index is 12.6. The molecule has 110 valence electrons. The Labute approximate surface area is 122 Å². The number of hydrazine groups is 1. The molecule has 1 amide bonds. The lowest BCUT2D eigenvalue weighted by Gasteiger charge is -2.18. The van der Waals surface area contributed by atoms with Crippen LogP contribution < -0.4 is 11.3 Å². The minimum absolute atomic E-state index is 0.127. The lowest BCUT2D eigenvalue weighted by atomic mass is 10.1. The number of anilines is 1. The van der Waals surface area contributed by atoms with E-state index in [1.165, 1.54) is 0 Å². The molecular formula is C13H18ClN3O3. The Kier molecular flexibility index (Phi) is 4.82. The van der Waals surface area contributed by atoms with Crippen molar-refractivity contribution in [1.82, 2.24) is 4.90 Å². The molecule has 0 aliphatic carbocycles. The third-order valence-electron chi connectivity index (χ3n) is 3.48. The minimum Gasteiger partial charge on any atom is -0.377 e. The quantitative estimate of drug-likeness (QED) is 0.643. The van der Waals surface area contributed by atoms with Gasteiger partial charge in [0.25, 0.3) is 5.91 Å². The highest BCUT2D eigenvalue weighted by Crippen LogP contribution is 2.24. The van der Waals surface area contributed by atoms with E-state index < -0.39 is 0 Å². The Hall–Kier alpha value is -1.34. The number of likely N-dealkylation sites (tertiary alicyclic amines) is 1. The summed E-state index contributed by atoms with van der Waals surface area (Å²) in [6.45, 7) is 0.953. The van der Waals surface area contributed by atoms with Crippen LogP contribution in [-0.4, -0.2) is 50.3 Å². The monoisotopic (exact) mass is 299 g/mol. The standard InChI is InChI=1S/C13H18ClN3O3/c1-19-11-6-17(7-12(11)20-2)13(18)9-5-8(14)3-4-10(9)16-15/h3-5,11-12,16H,6-7,15H2,1-2H3.